The lowest BCUT2D eigenvalue weighted by molar-refractivity contribution is -0.115. The van der Waals surface area contributed by atoms with Crippen molar-refractivity contribution in [2.24, 2.45) is 0 Å². The molecule has 1 aromatic heterocycles. The zero-order valence-corrected chi connectivity index (χ0v) is 16.9. The zero-order chi connectivity index (χ0) is 18.4. The average Bonchev–Trinajstić information content (AvgIpc) is 3.10. The molecular formula is C19H25N3O2S2. The van der Waals surface area contributed by atoms with Gasteiger partial charge in [0.1, 0.15) is 5.75 Å². The van der Waals surface area contributed by atoms with Crippen LogP contribution in [-0.4, -0.2) is 41.2 Å². The third-order valence-electron chi connectivity index (χ3n) is 4.36. The molecule has 3 rings (SSSR count). The maximum atomic E-state index is 12.4. The van der Waals surface area contributed by atoms with Crippen molar-refractivity contribution in [2.75, 3.05) is 25.5 Å². The Balaban J connectivity index is 1.50. The Morgan fingerprint density at radius 2 is 2.04 bits per heavy atom. The van der Waals surface area contributed by atoms with E-state index in [4.69, 9.17) is 4.74 Å². The average molecular weight is 392 g/mol. The third-order valence-corrected chi connectivity index (χ3v) is 6.28. The van der Waals surface area contributed by atoms with Crippen molar-refractivity contribution < 1.29 is 9.53 Å². The Labute approximate surface area is 163 Å². The molecule has 0 spiro atoms. The number of nitrogens with zero attached hydrogens (tertiary/aromatic N) is 2. The van der Waals surface area contributed by atoms with E-state index in [1.165, 1.54) is 42.4 Å². The van der Waals surface area contributed by atoms with Crippen LogP contribution >= 0.6 is 23.1 Å². The summed E-state index contributed by atoms with van der Waals surface area (Å²) in [6.45, 7) is 5.08. The summed E-state index contributed by atoms with van der Waals surface area (Å²) in [7, 11) is 1.64. The van der Waals surface area contributed by atoms with Crippen molar-refractivity contribution in [1.29, 1.82) is 0 Å². The minimum atomic E-state index is -0.196. The quantitative estimate of drug-likeness (QED) is 0.715. The molecule has 140 valence electrons. The van der Waals surface area contributed by atoms with E-state index >= 15 is 0 Å². The van der Waals surface area contributed by atoms with Crippen LogP contribution in [0, 0.1) is 0 Å². The second-order valence-electron chi connectivity index (χ2n) is 6.41. The molecule has 1 aliphatic heterocycles. The number of nitrogens with one attached hydrogen (secondary N) is 1. The van der Waals surface area contributed by atoms with Gasteiger partial charge < -0.3 is 10.1 Å². The molecule has 1 N–H and O–H groups in total. The monoisotopic (exact) mass is 391 g/mol. The van der Waals surface area contributed by atoms with Crippen LogP contribution in [0.2, 0.25) is 0 Å². The number of ether oxygens (including phenoxy) is 1. The third kappa shape index (κ3) is 5.46. The van der Waals surface area contributed by atoms with Gasteiger partial charge in [0.2, 0.25) is 5.91 Å². The van der Waals surface area contributed by atoms with Gasteiger partial charge in [-0.1, -0.05) is 6.42 Å². The normalized spacial score (nSPS) is 16.2. The van der Waals surface area contributed by atoms with E-state index in [1.807, 2.05) is 36.6 Å². The smallest absolute Gasteiger partial charge is 0.239 e. The molecule has 2 aromatic rings. The molecule has 0 radical (unpaired) electrons. The number of carbonyl (C=O) groups excluding carboxylic acids is 1. The number of thiazole rings is 1. The first-order valence-electron chi connectivity index (χ1n) is 8.92. The van der Waals surface area contributed by atoms with Crippen LogP contribution in [0.5, 0.6) is 5.75 Å². The predicted molar refractivity (Wildman–Crippen MR) is 108 cm³/mol. The van der Waals surface area contributed by atoms with Gasteiger partial charge in [0, 0.05) is 16.8 Å². The fraction of sp³-hybridized carbons (Fsp3) is 0.474. The lowest BCUT2D eigenvalue weighted by Gasteiger charge is -2.25. The van der Waals surface area contributed by atoms with Gasteiger partial charge in [0.25, 0.3) is 0 Å². The molecule has 1 aromatic carbocycles. The second-order valence-corrected chi connectivity index (χ2v) is 8.68. The molecule has 1 atom stereocenters. The van der Waals surface area contributed by atoms with E-state index in [2.05, 4.69) is 15.2 Å². The fourth-order valence-corrected chi connectivity index (χ4v) is 4.47. The number of aromatic nitrogens is 1. The number of hydrogen-bond acceptors (Lipinski definition) is 6. The highest BCUT2D eigenvalue weighted by Crippen LogP contribution is 2.27. The van der Waals surface area contributed by atoms with Gasteiger partial charge in [0.05, 0.1) is 18.1 Å². The Kier molecular flexibility index (Phi) is 6.93. The standard InChI is InChI=1S/C19H25N3O2S2/c1-14(26-17-8-6-16(24-2)7-9-17)18(23)21-19-20-15(13-25-19)12-22-10-4-3-5-11-22/h6-9,13-14H,3-5,10-12H2,1-2H3,(H,20,21,23). The molecule has 1 aliphatic rings. The molecule has 5 nitrogen and oxygen atoms in total. The molecule has 7 heteroatoms. The van der Waals surface area contributed by atoms with Gasteiger partial charge in [-0.3, -0.25) is 9.69 Å². The van der Waals surface area contributed by atoms with Crippen LogP contribution in [0.1, 0.15) is 31.9 Å². The summed E-state index contributed by atoms with van der Waals surface area (Å²) >= 11 is 3.03. The molecule has 26 heavy (non-hydrogen) atoms. The summed E-state index contributed by atoms with van der Waals surface area (Å²) in [4.78, 5) is 20.5. The Bertz CT molecular complexity index is 712. The van der Waals surface area contributed by atoms with Gasteiger partial charge in [-0.15, -0.1) is 23.1 Å². The highest BCUT2D eigenvalue weighted by molar-refractivity contribution is 8.00. The van der Waals surface area contributed by atoms with Crippen LogP contribution in [0.15, 0.2) is 34.5 Å². The van der Waals surface area contributed by atoms with E-state index < -0.39 is 0 Å². The van der Waals surface area contributed by atoms with E-state index in [-0.39, 0.29) is 11.2 Å². The zero-order valence-electron chi connectivity index (χ0n) is 15.2. The number of anilines is 1. The van der Waals surface area contributed by atoms with Gasteiger partial charge in [0.15, 0.2) is 5.13 Å². The molecule has 1 unspecified atom stereocenters. The largest absolute Gasteiger partial charge is 0.497 e. The first-order chi connectivity index (χ1) is 12.6. The van der Waals surface area contributed by atoms with Crippen molar-refractivity contribution in [1.82, 2.24) is 9.88 Å². The van der Waals surface area contributed by atoms with Crippen molar-refractivity contribution in [3.05, 3.63) is 35.3 Å². The summed E-state index contributed by atoms with van der Waals surface area (Å²) in [5.41, 5.74) is 1.04. The van der Waals surface area contributed by atoms with Crippen molar-refractivity contribution in [2.45, 2.75) is 42.9 Å². The van der Waals surface area contributed by atoms with E-state index in [1.54, 1.807) is 7.11 Å². The molecule has 1 saturated heterocycles. The maximum absolute atomic E-state index is 12.4. The van der Waals surface area contributed by atoms with E-state index in [0.717, 1.165) is 36.0 Å². The van der Waals surface area contributed by atoms with Crippen LogP contribution in [0.3, 0.4) is 0 Å². The number of hydrogen-bond donors (Lipinski definition) is 1. The Morgan fingerprint density at radius 3 is 2.73 bits per heavy atom. The van der Waals surface area contributed by atoms with Crippen LogP contribution in [0.25, 0.3) is 0 Å². The Morgan fingerprint density at radius 1 is 1.31 bits per heavy atom. The first kappa shape index (κ1) is 19.2. The minimum absolute atomic E-state index is 0.0234. The molecular weight excluding hydrogens is 366 g/mol. The Hall–Kier alpha value is -1.57. The molecule has 2 heterocycles. The summed E-state index contributed by atoms with van der Waals surface area (Å²) in [6, 6.07) is 7.74. The highest BCUT2D eigenvalue weighted by Gasteiger charge is 2.17. The number of thioether (sulfide) groups is 1. The van der Waals surface area contributed by atoms with Crippen molar-refractivity contribution >= 4 is 34.1 Å². The van der Waals surface area contributed by atoms with Crippen LogP contribution < -0.4 is 10.1 Å². The van der Waals surface area contributed by atoms with Crippen LogP contribution in [-0.2, 0) is 11.3 Å². The topological polar surface area (TPSA) is 54.5 Å². The van der Waals surface area contributed by atoms with Gasteiger partial charge in [-0.05, 0) is 57.1 Å². The van der Waals surface area contributed by atoms with Crippen LogP contribution in [0.4, 0.5) is 5.13 Å². The van der Waals surface area contributed by atoms with Crippen molar-refractivity contribution in [3.63, 3.8) is 0 Å². The van der Waals surface area contributed by atoms with E-state index in [0.29, 0.717) is 5.13 Å². The predicted octanol–water partition coefficient (Wildman–Crippen LogP) is 4.26. The molecule has 0 saturated carbocycles. The SMILES string of the molecule is COc1ccc(SC(C)C(=O)Nc2nc(CN3CCCCC3)cs2)cc1. The van der Waals surface area contributed by atoms with Gasteiger partial charge in [-0.2, -0.15) is 0 Å². The fourth-order valence-electron chi connectivity index (χ4n) is 2.90. The number of benzene rings is 1. The molecule has 1 amide bonds. The number of carbonyl (C=O) groups is 1. The van der Waals surface area contributed by atoms with Gasteiger partial charge in [-0.25, -0.2) is 4.98 Å². The summed E-state index contributed by atoms with van der Waals surface area (Å²) < 4.78 is 5.16. The number of likely N-dealkylation sites (tertiary alicyclic amines) is 1. The minimum Gasteiger partial charge on any atom is -0.497 e. The highest BCUT2D eigenvalue weighted by atomic mass is 32.2. The molecule has 1 fully saturated rings. The van der Waals surface area contributed by atoms with Gasteiger partial charge >= 0.3 is 0 Å². The number of methoxy groups -OCH3 is 1. The second kappa shape index (κ2) is 9.39. The molecule has 0 aliphatic carbocycles. The summed E-state index contributed by atoms with van der Waals surface area (Å²) in [5.74, 6) is 0.792. The number of piperidine rings is 1. The molecule has 0 bridgehead atoms. The lowest BCUT2D eigenvalue weighted by atomic mass is 10.1. The van der Waals surface area contributed by atoms with Crippen molar-refractivity contribution in [3.8, 4) is 5.75 Å². The number of amides is 1. The van der Waals surface area contributed by atoms with E-state index in [9.17, 15) is 4.79 Å². The number of rotatable bonds is 7. The maximum Gasteiger partial charge on any atom is 0.239 e. The first-order valence-corrected chi connectivity index (χ1v) is 10.7. The summed E-state index contributed by atoms with van der Waals surface area (Å²) in [5, 5.41) is 5.48. The lowest BCUT2D eigenvalue weighted by Crippen LogP contribution is -2.29. The summed E-state index contributed by atoms with van der Waals surface area (Å²) in [6.07, 6.45) is 3.88.